The Morgan fingerprint density at radius 1 is 0.314 bits per heavy atom. The van der Waals surface area contributed by atoms with Gasteiger partial charge in [-0.05, 0) is 79.5 Å². The Morgan fingerprint density at radius 3 is 0.647 bits per heavy atom. The number of hydrogen-bond acceptors (Lipinski definition) is 8. The summed E-state index contributed by atoms with van der Waals surface area (Å²) in [7, 11) is 0. The monoisotopic (exact) mass is 719 g/mol. The second kappa shape index (κ2) is 28.4. The highest BCUT2D eigenvalue weighted by Crippen LogP contribution is 2.34. The van der Waals surface area contributed by atoms with Crippen LogP contribution in [0.1, 0.15) is 159 Å². The molecule has 0 aliphatic heterocycles. The minimum Gasteiger partial charge on any atom is -0.315 e. The molecular formula is C43H90N8. The van der Waals surface area contributed by atoms with Crippen molar-refractivity contribution in [3.63, 3.8) is 0 Å². The quantitative estimate of drug-likeness (QED) is 0.0461. The summed E-state index contributed by atoms with van der Waals surface area (Å²) in [4.78, 5) is 0. The summed E-state index contributed by atoms with van der Waals surface area (Å²) in [6.45, 7) is 43.6. The molecular weight excluding hydrogens is 629 g/mol. The molecule has 0 atom stereocenters. The molecule has 0 bridgehead atoms. The van der Waals surface area contributed by atoms with Crippen LogP contribution in [0.25, 0.3) is 0 Å². The van der Waals surface area contributed by atoms with Crippen LogP contribution in [0.3, 0.4) is 0 Å². The Hall–Kier alpha value is -1.10. The Bertz CT molecular complexity index is 819. The van der Waals surface area contributed by atoms with Crippen molar-refractivity contribution in [3.05, 3.63) is 34.4 Å². The standard InChI is InChI=1S/C22H42N4.C21H48N4/c1-15(2)23-11-19-9-21(13-25-17(5)6)22(14-26-18(7)8)10-20(19)12-24-16(3)4;1-17(2)22-13-9-21(10-14-23-18(3)4,11-15-24-19(5)6)12-16-25-20(7)8/h9-10,15-18,23-26H,11-14H2,1-8H3;17-20,22-25H,9-16H2,1-8H3. The van der Waals surface area contributed by atoms with E-state index in [1.165, 1.54) is 47.9 Å². The van der Waals surface area contributed by atoms with E-state index in [0.29, 0.717) is 53.7 Å². The maximum Gasteiger partial charge on any atom is 0.0211 e. The van der Waals surface area contributed by atoms with Gasteiger partial charge in [0.2, 0.25) is 0 Å². The number of nitrogens with one attached hydrogen (secondary N) is 8. The second-order valence-electron chi connectivity index (χ2n) is 17.5. The lowest BCUT2D eigenvalue weighted by Crippen LogP contribution is -2.39. The van der Waals surface area contributed by atoms with E-state index in [2.05, 4.69) is 165 Å². The molecule has 0 radical (unpaired) electrons. The molecule has 1 aromatic rings. The van der Waals surface area contributed by atoms with E-state index in [1.54, 1.807) is 0 Å². The van der Waals surface area contributed by atoms with Gasteiger partial charge in [-0.2, -0.15) is 0 Å². The van der Waals surface area contributed by atoms with E-state index in [0.717, 1.165) is 52.4 Å². The first-order chi connectivity index (χ1) is 23.9. The van der Waals surface area contributed by atoms with Crippen molar-refractivity contribution in [2.75, 3.05) is 26.2 Å². The normalized spacial score (nSPS) is 12.5. The summed E-state index contributed by atoms with van der Waals surface area (Å²) in [6, 6.07) is 9.01. The average Bonchev–Trinajstić information content (AvgIpc) is 3.00. The molecule has 1 rings (SSSR count). The van der Waals surface area contributed by atoms with Gasteiger partial charge in [-0.25, -0.2) is 0 Å². The van der Waals surface area contributed by atoms with Crippen molar-refractivity contribution < 1.29 is 0 Å². The van der Waals surface area contributed by atoms with E-state index in [-0.39, 0.29) is 0 Å². The lowest BCUT2D eigenvalue weighted by atomic mass is 9.74. The Morgan fingerprint density at radius 2 is 0.490 bits per heavy atom. The topological polar surface area (TPSA) is 96.2 Å². The van der Waals surface area contributed by atoms with E-state index in [1.807, 2.05) is 0 Å². The van der Waals surface area contributed by atoms with Crippen molar-refractivity contribution in [1.82, 2.24) is 42.5 Å². The van der Waals surface area contributed by atoms with E-state index >= 15 is 0 Å². The van der Waals surface area contributed by atoms with Gasteiger partial charge in [-0.3, -0.25) is 0 Å². The first-order valence-corrected chi connectivity index (χ1v) is 20.9. The van der Waals surface area contributed by atoms with Crippen molar-refractivity contribution in [2.24, 2.45) is 5.41 Å². The van der Waals surface area contributed by atoms with Crippen LogP contribution in [0.4, 0.5) is 0 Å². The lowest BCUT2D eigenvalue weighted by molar-refractivity contribution is 0.186. The predicted molar refractivity (Wildman–Crippen MR) is 228 cm³/mol. The van der Waals surface area contributed by atoms with Crippen molar-refractivity contribution >= 4 is 0 Å². The molecule has 0 spiro atoms. The lowest BCUT2D eigenvalue weighted by Gasteiger charge is -2.36. The molecule has 0 aliphatic carbocycles. The van der Waals surface area contributed by atoms with Crippen molar-refractivity contribution in [3.8, 4) is 0 Å². The third-order valence-corrected chi connectivity index (χ3v) is 9.16. The molecule has 51 heavy (non-hydrogen) atoms. The SMILES string of the molecule is CC(C)NCCC(CCNC(C)C)(CCNC(C)C)CCNC(C)C.CC(C)NCc1cc(CNC(C)C)c(CNC(C)C)cc1CNC(C)C. The smallest absolute Gasteiger partial charge is 0.0211 e. The molecule has 0 saturated carbocycles. The highest BCUT2D eigenvalue weighted by Gasteiger charge is 2.29. The van der Waals surface area contributed by atoms with Gasteiger partial charge >= 0.3 is 0 Å². The molecule has 0 heterocycles. The molecule has 0 amide bonds. The van der Waals surface area contributed by atoms with Gasteiger partial charge in [-0.15, -0.1) is 0 Å². The van der Waals surface area contributed by atoms with Crippen LogP contribution < -0.4 is 42.5 Å². The first-order valence-electron chi connectivity index (χ1n) is 20.9. The van der Waals surface area contributed by atoms with Crippen LogP contribution in [-0.2, 0) is 26.2 Å². The fourth-order valence-electron chi connectivity index (χ4n) is 5.96. The van der Waals surface area contributed by atoms with Crippen molar-refractivity contribution in [1.29, 1.82) is 0 Å². The minimum atomic E-state index is 0.396. The zero-order valence-corrected chi connectivity index (χ0v) is 36.8. The fraction of sp³-hybridized carbons (Fsp3) is 0.860. The summed E-state index contributed by atoms with van der Waals surface area (Å²) in [5.74, 6) is 0. The van der Waals surface area contributed by atoms with Gasteiger partial charge < -0.3 is 42.5 Å². The summed E-state index contributed by atoms with van der Waals surface area (Å²) in [6.07, 6.45) is 5.02. The van der Waals surface area contributed by atoms with E-state index in [4.69, 9.17) is 0 Å². The number of rotatable bonds is 28. The molecule has 0 aromatic heterocycles. The number of hydrogen-bond donors (Lipinski definition) is 8. The van der Waals surface area contributed by atoms with Crippen LogP contribution >= 0.6 is 0 Å². The summed E-state index contributed by atoms with van der Waals surface area (Å²) < 4.78 is 0. The zero-order chi connectivity index (χ0) is 39.0. The maximum absolute atomic E-state index is 3.64. The molecule has 8 N–H and O–H groups in total. The molecule has 0 unspecified atom stereocenters. The second-order valence-corrected chi connectivity index (χ2v) is 17.5. The maximum atomic E-state index is 3.64. The fourth-order valence-corrected chi connectivity index (χ4v) is 5.96. The predicted octanol–water partition coefficient (Wildman–Crippen LogP) is 7.20. The van der Waals surface area contributed by atoms with E-state index in [9.17, 15) is 0 Å². The Balaban J connectivity index is 0.000000982. The molecule has 8 nitrogen and oxygen atoms in total. The highest BCUT2D eigenvalue weighted by molar-refractivity contribution is 5.39. The molecule has 8 heteroatoms. The van der Waals surface area contributed by atoms with Gasteiger partial charge in [0.1, 0.15) is 0 Å². The van der Waals surface area contributed by atoms with Crippen LogP contribution in [0.15, 0.2) is 12.1 Å². The Labute approximate surface area is 318 Å². The largest absolute Gasteiger partial charge is 0.315 e. The van der Waals surface area contributed by atoms with Crippen LogP contribution in [-0.4, -0.2) is 74.5 Å². The van der Waals surface area contributed by atoms with Gasteiger partial charge in [0.05, 0.1) is 0 Å². The highest BCUT2D eigenvalue weighted by atomic mass is 14.9. The van der Waals surface area contributed by atoms with Gasteiger partial charge in [0, 0.05) is 74.5 Å². The minimum absolute atomic E-state index is 0.396. The van der Waals surface area contributed by atoms with E-state index < -0.39 is 0 Å². The molecule has 302 valence electrons. The van der Waals surface area contributed by atoms with Crippen LogP contribution in [0, 0.1) is 5.41 Å². The molecule has 0 aliphatic rings. The summed E-state index contributed by atoms with van der Waals surface area (Å²) in [5.41, 5.74) is 6.01. The third kappa shape index (κ3) is 27.2. The summed E-state index contributed by atoms with van der Waals surface area (Å²) >= 11 is 0. The van der Waals surface area contributed by atoms with Crippen molar-refractivity contribution in [2.45, 2.75) is 211 Å². The first kappa shape index (κ1) is 49.9. The summed E-state index contributed by atoms with van der Waals surface area (Å²) in [5, 5.41) is 28.9. The van der Waals surface area contributed by atoms with Crippen LogP contribution in [0.5, 0.6) is 0 Å². The average molecular weight is 719 g/mol. The number of benzene rings is 1. The zero-order valence-electron chi connectivity index (χ0n) is 36.8. The van der Waals surface area contributed by atoms with Crippen LogP contribution in [0.2, 0.25) is 0 Å². The Kier molecular flexibility index (Phi) is 27.7. The van der Waals surface area contributed by atoms with Gasteiger partial charge in [0.25, 0.3) is 0 Å². The molecule has 0 saturated heterocycles. The third-order valence-electron chi connectivity index (χ3n) is 9.16. The van der Waals surface area contributed by atoms with Gasteiger partial charge in [-0.1, -0.05) is 123 Å². The molecule has 0 fully saturated rings. The van der Waals surface area contributed by atoms with Gasteiger partial charge in [0.15, 0.2) is 0 Å². The molecule has 1 aromatic carbocycles.